The van der Waals surface area contributed by atoms with Gasteiger partial charge in [0.25, 0.3) is 0 Å². The molecule has 66 heavy (non-hydrogen) atoms. The van der Waals surface area contributed by atoms with E-state index in [0.29, 0.717) is 93.9 Å². The highest BCUT2D eigenvalue weighted by molar-refractivity contribution is 9.10. The molecular formula is C47H54BrFN11O5P. The minimum absolute atomic E-state index is 0.134. The lowest BCUT2D eigenvalue weighted by Crippen LogP contribution is -2.59. The average molecular weight is 983 g/mol. The Morgan fingerprint density at radius 1 is 0.924 bits per heavy atom. The van der Waals surface area contributed by atoms with Crippen molar-refractivity contribution in [3.63, 3.8) is 0 Å². The number of benzene rings is 3. The number of imide groups is 1. The number of piperazine rings is 1. The van der Waals surface area contributed by atoms with Crippen LogP contribution in [0.25, 0.3) is 11.0 Å². The Morgan fingerprint density at radius 3 is 2.38 bits per heavy atom. The molecule has 6 heterocycles. The van der Waals surface area contributed by atoms with Gasteiger partial charge in [0, 0.05) is 106 Å². The number of anilines is 6. The van der Waals surface area contributed by atoms with Gasteiger partial charge < -0.3 is 34.6 Å². The van der Waals surface area contributed by atoms with Crippen LogP contribution < -0.4 is 35.8 Å². The number of ether oxygens (including phenoxy) is 1. The molecule has 1 atom stereocenters. The number of fused-ring (bicyclic) bond motifs is 1. The van der Waals surface area contributed by atoms with Gasteiger partial charge in [-0.05, 0) is 90.8 Å². The number of carbonyl (C=O) groups is 3. The van der Waals surface area contributed by atoms with Crippen molar-refractivity contribution >= 4 is 91.6 Å². The molecule has 0 aliphatic carbocycles. The summed E-state index contributed by atoms with van der Waals surface area (Å²) >= 11 is 3.59. The molecule has 3 aromatic carbocycles. The fourth-order valence-electron chi connectivity index (χ4n) is 9.76. The third-order valence-electron chi connectivity index (χ3n) is 13.3. The number of carbonyl (C=O) groups excluding carboxylic acids is 3. The van der Waals surface area contributed by atoms with Crippen LogP contribution >= 0.6 is 23.1 Å². The number of nitrogens with zero attached hydrogens (tertiary/aromatic N) is 8. The minimum Gasteiger partial charge on any atom is -0.494 e. The lowest BCUT2D eigenvalue weighted by atomic mass is 9.89. The van der Waals surface area contributed by atoms with E-state index in [1.807, 2.05) is 21.9 Å². The largest absolute Gasteiger partial charge is 0.494 e. The molecule has 0 spiro atoms. The first-order valence-corrected chi connectivity index (χ1v) is 25.9. The van der Waals surface area contributed by atoms with Gasteiger partial charge in [0.15, 0.2) is 0 Å². The van der Waals surface area contributed by atoms with Gasteiger partial charge in [-0.3, -0.25) is 34.6 Å². The molecule has 4 fully saturated rings. The average Bonchev–Trinajstić information content (AvgIpc) is 3.29. The first-order chi connectivity index (χ1) is 31.8. The van der Waals surface area contributed by atoms with Gasteiger partial charge in [-0.1, -0.05) is 13.0 Å². The number of methoxy groups -OCH3 is 1. The number of hydrogen-bond donors (Lipinski definition) is 3. The molecule has 3 amide bonds. The number of aromatic nitrogens is 4. The zero-order valence-electron chi connectivity index (χ0n) is 37.5. The SMILES string of the molecule is CCc1cc(Nc2ncc(Br)c(Nc3ccc4nccnc4c3P(C)(C)=O)n2)c(OC)cc1N1CCC(N2CCN(C(=O)C3CN(c4ccc(C5CCC(=O)NC5=O)c(F)c4)C3)CC2)CC1. The predicted octanol–water partition coefficient (Wildman–Crippen LogP) is 6.40. The summed E-state index contributed by atoms with van der Waals surface area (Å²) < 4.78 is 35.2. The standard InChI is InChI=1S/C47H54BrFN11O5P/c1-5-28-22-38(54-47-52-25-34(48)44(56-47)53-37-10-9-36-42(51-15-14-50-36)43(37)66(3,4)64)40(65-2)24-39(28)58-16-12-30(13-17-58)57-18-20-59(21-19-57)46(63)29-26-60(27-29)31-6-7-32(35(49)23-31)33-8-11-41(61)55-45(33)62/h6-7,9-10,14-15,22-25,29-30,33H,5,8,11-13,16-21,26-27H2,1-4H3,(H,55,61,62)(H2,52,53,54,56). The van der Waals surface area contributed by atoms with Crippen molar-refractivity contribution in [2.24, 2.45) is 5.92 Å². The third-order valence-corrected chi connectivity index (χ3v) is 15.4. The van der Waals surface area contributed by atoms with Gasteiger partial charge in [0.05, 0.1) is 45.6 Å². The molecule has 16 nitrogen and oxygen atoms in total. The molecule has 0 saturated carbocycles. The summed E-state index contributed by atoms with van der Waals surface area (Å²) in [5, 5.41) is 9.66. The fraction of sp³-hybridized carbons (Fsp3) is 0.426. The number of hydrogen-bond acceptors (Lipinski definition) is 14. The second kappa shape index (κ2) is 18.9. The smallest absolute Gasteiger partial charge is 0.234 e. The quantitative estimate of drug-likeness (QED) is 0.0925. The molecule has 0 radical (unpaired) electrons. The second-order valence-corrected chi connectivity index (χ2v) is 21.8. The Bertz CT molecular complexity index is 2740. The summed E-state index contributed by atoms with van der Waals surface area (Å²) in [6.45, 7) is 11.5. The highest BCUT2D eigenvalue weighted by Crippen LogP contribution is 2.42. The van der Waals surface area contributed by atoms with Crippen molar-refractivity contribution < 1.29 is 28.1 Å². The van der Waals surface area contributed by atoms with Crippen molar-refractivity contribution in [3.8, 4) is 5.75 Å². The van der Waals surface area contributed by atoms with Crippen LogP contribution in [-0.2, 0) is 25.4 Å². The molecule has 3 N–H and O–H groups in total. The molecule has 0 bridgehead atoms. The lowest BCUT2D eigenvalue weighted by molar-refractivity contribution is -0.138. The van der Waals surface area contributed by atoms with E-state index >= 15 is 4.39 Å². The topological polar surface area (TPSA) is 178 Å². The van der Waals surface area contributed by atoms with Gasteiger partial charge in [-0.15, -0.1) is 0 Å². The van der Waals surface area contributed by atoms with E-state index in [1.54, 1.807) is 51.2 Å². The van der Waals surface area contributed by atoms with Gasteiger partial charge in [-0.2, -0.15) is 4.98 Å². The van der Waals surface area contributed by atoms with Crippen molar-refractivity contribution in [3.05, 3.63) is 82.5 Å². The normalized spacial score (nSPS) is 18.9. The number of amides is 3. The zero-order valence-corrected chi connectivity index (χ0v) is 40.0. The predicted molar refractivity (Wildman–Crippen MR) is 258 cm³/mol. The highest BCUT2D eigenvalue weighted by Gasteiger charge is 2.38. The van der Waals surface area contributed by atoms with E-state index in [4.69, 9.17) is 9.72 Å². The fourth-order valence-corrected chi connectivity index (χ4v) is 11.4. The van der Waals surface area contributed by atoms with E-state index in [9.17, 15) is 18.9 Å². The van der Waals surface area contributed by atoms with Crippen molar-refractivity contribution in [1.29, 1.82) is 0 Å². The molecule has 5 aromatic rings. The highest BCUT2D eigenvalue weighted by atomic mass is 79.9. The summed E-state index contributed by atoms with van der Waals surface area (Å²) in [6, 6.07) is 13.2. The van der Waals surface area contributed by atoms with E-state index in [0.717, 1.165) is 56.8 Å². The monoisotopic (exact) mass is 981 g/mol. The Morgan fingerprint density at radius 2 is 1.68 bits per heavy atom. The minimum atomic E-state index is -2.79. The summed E-state index contributed by atoms with van der Waals surface area (Å²) in [5.41, 5.74) is 5.93. The van der Waals surface area contributed by atoms with Crippen LogP contribution in [0.15, 0.2) is 65.5 Å². The molecule has 346 valence electrons. The van der Waals surface area contributed by atoms with Crippen LogP contribution in [-0.4, -0.2) is 126 Å². The summed E-state index contributed by atoms with van der Waals surface area (Å²) in [5.74, 6) is -0.394. The zero-order chi connectivity index (χ0) is 46.3. The van der Waals surface area contributed by atoms with Crippen LogP contribution in [0, 0.1) is 11.7 Å². The molecule has 2 aromatic heterocycles. The number of piperidine rings is 2. The van der Waals surface area contributed by atoms with Gasteiger partial charge in [0.2, 0.25) is 23.7 Å². The first kappa shape index (κ1) is 45.4. The maximum absolute atomic E-state index is 15.1. The molecule has 9 rings (SSSR count). The molecule has 19 heteroatoms. The summed E-state index contributed by atoms with van der Waals surface area (Å²) in [7, 11) is -1.13. The molecule has 1 unspecified atom stereocenters. The van der Waals surface area contributed by atoms with E-state index in [-0.39, 0.29) is 24.2 Å². The molecular weight excluding hydrogens is 928 g/mol. The maximum Gasteiger partial charge on any atom is 0.234 e. The van der Waals surface area contributed by atoms with Gasteiger partial charge >= 0.3 is 0 Å². The van der Waals surface area contributed by atoms with Crippen molar-refractivity contribution in [2.75, 3.05) is 93.2 Å². The first-order valence-electron chi connectivity index (χ1n) is 22.5. The number of halogens is 2. The molecule has 4 saturated heterocycles. The van der Waals surface area contributed by atoms with Crippen LogP contribution in [0.4, 0.5) is 38.9 Å². The van der Waals surface area contributed by atoms with Crippen LogP contribution in [0.2, 0.25) is 0 Å². The number of aryl methyl sites for hydroxylation is 1. The Kier molecular flexibility index (Phi) is 13.0. The molecule has 4 aliphatic rings. The third kappa shape index (κ3) is 9.32. The maximum atomic E-state index is 15.1. The number of nitrogens with one attached hydrogen (secondary N) is 3. The molecule has 4 aliphatic heterocycles. The van der Waals surface area contributed by atoms with E-state index < -0.39 is 24.8 Å². The lowest BCUT2D eigenvalue weighted by Gasteiger charge is -2.46. The van der Waals surface area contributed by atoms with Gasteiger partial charge in [0.1, 0.15) is 30.0 Å². The summed E-state index contributed by atoms with van der Waals surface area (Å²) in [6.07, 6.45) is 8.21. The Hall–Kier alpha value is -5.71. The second-order valence-electron chi connectivity index (χ2n) is 17.8. The number of rotatable bonds is 12. The van der Waals surface area contributed by atoms with Crippen LogP contribution in [0.1, 0.15) is 49.7 Å². The van der Waals surface area contributed by atoms with Crippen LogP contribution in [0.5, 0.6) is 5.75 Å². The van der Waals surface area contributed by atoms with Crippen molar-refractivity contribution in [1.82, 2.24) is 35.1 Å². The van der Waals surface area contributed by atoms with Crippen molar-refractivity contribution in [2.45, 2.75) is 51.0 Å². The van der Waals surface area contributed by atoms with Gasteiger partial charge in [-0.25, -0.2) is 9.37 Å². The Labute approximate surface area is 391 Å². The van der Waals surface area contributed by atoms with E-state index in [1.165, 1.54) is 11.6 Å². The van der Waals surface area contributed by atoms with E-state index in [2.05, 4.69) is 75.7 Å². The van der Waals surface area contributed by atoms with Crippen LogP contribution in [0.3, 0.4) is 0 Å². The summed E-state index contributed by atoms with van der Waals surface area (Å²) in [4.78, 5) is 64.6. The Balaban J connectivity index is 0.783.